The van der Waals surface area contributed by atoms with Gasteiger partial charge in [-0.25, -0.2) is 0 Å². The molecule has 1 N–H and O–H groups in total. The van der Waals surface area contributed by atoms with Gasteiger partial charge in [-0.2, -0.15) is 0 Å². The van der Waals surface area contributed by atoms with E-state index in [0.717, 1.165) is 32.1 Å². The number of aliphatic carboxylic acids is 1. The minimum Gasteiger partial charge on any atom is -0.481 e. The molecule has 0 aromatic rings. The Bertz CT molecular complexity index is 381. The lowest BCUT2D eigenvalue weighted by atomic mass is 10.0. The first-order valence-corrected chi connectivity index (χ1v) is 13.0. The van der Waals surface area contributed by atoms with E-state index in [0.29, 0.717) is 19.4 Å². The van der Waals surface area contributed by atoms with Crippen molar-refractivity contribution in [2.75, 3.05) is 6.61 Å². The highest BCUT2D eigenvalue weighted by Gasteiger charge is 2.02. The van der Waals surface area contributed by atoms with Gasteiger partial charge in [-0.05, 0) is 19.3 Å². The molecule has 0 fully saturated rings. The molecule has 0 saturated carbocycles. The van der Waals surface area contributed by atoms with Gasteiger partial charge in [0.2, 0.25) is 0 Å². The maximum Gasteiger partial charge on any atom is 0.305 e. The van der Waals surface area contributed by atoms with Gasteiger partial charge in [-0.3, -0.25) is 9.59 Å². The van der Waals surface area contributed by atoms with Crippen LogP contribution in [0.3, 0.4) is 0 Å². The summed E-state index contributed by atoms with van der Waals surface area (Å²) in [6.45, 7) is 2.79. The molecule has 0 aliphatic carbocycles. The molecule has 4 nitrogen and oxygen atoms in total. The molecule has 0 bridgehead atoms. The van der Waals surface area contributed by atoms with Crippen molar-refractivity contribution in [2.45, 2.75) is 148 Å². The summed E-state index contributed by atoms with van der Waals surface area (Å²) < 4.78 is 5.29. The third-order valence-electron chi connectivity index (χ3n) is 5.78. The molecule has 30 heavy (non-hydrogen) atoms. The summed E-state index contributed by atoms with van der Waals surface area (Å²) >= 11 is 0. The van der Waals surface area contributed by atoms with Gasteiger partial charge in [0.1, 0.15) is 0 Å². The summed E-state index contributed by atoms with van der Waals surface area (Å²) in [5.74, 6) is -0.678. The number of ether oxygens (including phenoxy) is 1. The van der Waals surface area contributed by atoms with Gasteiger partial charge in [0.15, 0.2) is 0 Å². The van der Waals surface area contributed by atoms with Crippen molar-refractivity contribution in [3.8, 4) is 0 Å². The average molecular weight is 427 g/mol. The van der Waals surface area contributed by atoms with Crippen molar-refractivity contribution >= 4 is 11.9 Å². The highest BCUT2D eigenvalue weighted by atomic mass is 16.5. The zero-order chi connectivity index (χ0) is 22.1. The SMILES string of the molecule is CCCCCCC(=O)OCCCCCCCCCCCCCCCCCCC(=O)O. The summed E-state index contributed by atoms with van der Waals surface area (Å²) in [6, 6.07) is 0. The number of carboxylic acid groups (broad SMARTS) is 1. The lowest BCUT2D eigenvalue weighted by molar-refractivity contribution is -0.144. The number of hydrogen-bond acceptors (Lipinski definition) is 3. The zero-order valence-electron chi connectivity index (χ0n) is 19.9. The Morgan fingerprint density at radius 3 is 1.33 bits per heavy atom. The summed E-state index contributed by atoms with van der Waals surface area (Å²) in [7, 11) is 0. The van der Waals surface area contributed by atoms with E-state index >= 15 is 0 Å². The fourth-order valence-electron chi connectivity index (χ4n) is 3.81. The predicted octanol–water partition coefficient (Wildman–Crippen LogP) is 8.22. The van der Waals surface area contributed by atoms with E-state index in [1.165, 1.54) is 96.3 Å². The van der Waals surface area contributed by atoms with Crippen LogP contribution in [0.4, 0.5) is 0 Å². The third kappa shape index (κ3) is 25.0. The van der Waals surface area contributed by atoms with Gasteiger partial charge in [0.05, 0.1) is 6.61 Å². The van der Waals surface area contributed by atoms with E-state index in [1.807, 2.05) is 0 Å². The molecular weight excluding hydrogens is 376 g/mol. The van der Waals surface area contributed by atoms with Crippen LogP contribution in [-0.2, 0) is 14.3 Å². The van der Waals surface area contributed by atoms with E-state index in [2.05, 4.69) is 6.92 Å². The fraction of sp³-hybridized carbons (Fsp3) is 0.923. The fourth-order valence-corrected chi connectivity index (χ4v) is 3.81. The summed E-state index contributed by atoms with van der Waals surface area (Å²) in [5, 5.41) is 8.58. The molecule has 0 aliphatic heterocycles. The Hall–Kier alpha value is -1.06. The molecule has 178 valence electrons. The molecule has 0 amide bonds. The lowest BCUT2D eigenvalue weighted by Crippen LogP contribution is -2.05. The molecule has 0 saturated heterocycles. The first kappa shape index (κ1) is 28.9. The van der Waals surface area contributed by atoms with Crippen LogP contribution in [0.15, 0.2) is 0 Å². The third-order valence-corrected chi connectivity index (χ3v) is 5.78. The van der Waals surface area contributed by atoms with Crippen LogP contribution >= 0.6 is 0 Å². The molecule has 0 aliphatic rings. The van der Waals surface area contributed by atoms with E-state index in [-0.39, 0.29) is 5.97 Å². The van der Waals surface area contributed by atoms with Gasteiger partial charge in [0.25, 0.3) is 0 Å². The molecule has 0 radical (unpaired) electrons. The second-order valence-electron chi connectivity index (χ2n) is 8.83. The first-order chi connectivity index (χ1) is 14.7. The number of carbonyl (C=O) groups is 2. The standard InChI is InChI=1S/C26H50O4/c1-2-3-4-20-23-26(29)30-24-21-18-16-14-12-10-8-6-5-7-9-11-13-15-17-19-22-25(27)28/h2-24H2,1H3,(H,27,28). The number of esters is 1. The number of carbonyl (C=O) groups excluding carboxylic acids is 1. The first-order valence-electron chi connectivity index (χ1n) is 13.0. The molecule has 0 unspecified atom stereocenters. The van der Waals surface area contributed by atoms with Gasteiger partial charge in [-0.1, -0.05) is 116 Å². The van der Waals surface area contributed by atoms with Crippen molar-refractivity contribution in [1.29, 1.82) is 0 Å². The summed E-state index contributed by atoms with van der Waals surface area (Å²) in [4.78, 5) is 22.0. The Balaban J connectivity index is 3.09. The maximum atomic E-state index is 11.6. The van der Waals surface area contributed by atoms with Crippen molar-refractivity contribution in [3.05, 3.63) is 0 Å². The Morgan fingerprint density at radius 2 is 0.900 bits per heavy atom. The highest BCUT2D eigenvalue weighted by molar-refractivity contribution is 5.69. The second kappa shape index (κ2) is 24.2. The summed E-state index contributed by atoms with van der Waals surface area (Å²) in [6.07, 6.45) is 25.4. The molecule has 0 atom stereocenters. The van der Waals surface area contributed by atoms with E-state index in [1.54, 1.807) is 0 Å². The van der Waals surface area contributed by atoms with Gasteiger partial charge >= 0.3 is 11.9 Å². The Labute approximate surface area is 186 Å². The Morgan fingerprint density at radius 1 is 0.533 bits per heavy atom. The van der Waals surface area contributed by atoms with E-state index in [4.69, 9.17) is 9.84 Å². The van der Waals surface area contributed by atoms with E-state index < -0.39 is 5.97 Å². The van der Waals surface area contributed by atoms with Crippen LogP contribution in [0, 0.1) is 0 Å². The quantitative estimate of drug-likeness (QED) is 0.125. The molecule has 0 heterocycles. The van der Waals surface area contributed by atoms with Crippen LogP contribution in [0.25, 0.3) is 0 Å². The number of carboxylic acids is 1. The zero-order valence-corrected chi connectivity index (χ0v) is 19.9. The largest absolute Gasteiger partial charge is 0.481 e. The predicted molar refractivity (Wildman–Crippen MR) is 126 cm³/mol. The second-order valence-corrected chi connectivity index (χ2v) is 8.83. The maximum absolute atomic E-state index is 11.6. The van der Waals surface area contributed by atoms with Gasteiger partial charge < -0.3 is 9.84 Å². The minimum atomic E-state index is -0.666. The van der Waals surface area contributed by atoms with E-state index in [9.17, 15) is 9.59 Å². The minimum absolute atomic E-state index is 0.0122. The van der Waals surface area contributed by atoms with Crippen molar-refractivity contribution in [2.24, 2.45) is 0 Å². The average Bonchev–Trinajstić information content (AvgIpc) is 2.72. The van der Waals surface area contributed by atoms with Crippen molar-refractivity contribution < 1.29 is 19.4 Å². The number of rotatable bonds is 24. The monoisotopic (exact) mass is 426 g/mol. The molecule has 4 heteroatoms. The van der Waals surface area contributed by atoms with Crippen LogP contribution < -0.4 is 0 Å². The van der Waals surface area contributed by atoms with Crippen LogP contribution in [0.5, 0.6) is 0 Å². The molecule has 0 rings (SSSR count). The smallest absolute Gasteiger partial charge is 0.305 e. The molecule has 0 spiro atoms. The topological polar surface area (TPSA) is 63.6 Å². The molecule has 0 aromatic heterocycles. The number of hydrogen-bond donors (Lipinski definition) is 1. The molecular formula is C26H50O4. The Kier molecular flexibility index (Phi) is 23.4. The highest BCUT2D eigenvalue weighted by Crippen LogP contribution is 2.14. The van der Waals surface area contributed by atoms with Crippen LogP contribution in [0.2, 0.25) is 0 Å². The summed E-state index contributed by atoms with van der Waals surface area (Å²) in [5.41, 5.74) is 0. The normalized spacial score (nSPS) is 11.0. The van der Waals surface area contributed by atoms with Gasteiger partial charge in [0, 0.05) is 12.8 Å². The van der Waals surface area contributed by atoms with Crippen LogP contribution in [0.1, 0.15) is 148 Å². The number of unbranched alkanes of at least 4 members (excludes halogenated alkanes) is 18. The van der Waals surface area contributed by atoms with Crippen LogP contribution in [-0.4, -0.2) is 23.7 Å². The molecule has 0 aromatic carbocycles. The van der Waals surface area contributed by atoms with Gasteiger partial charge in [-0.15, -0.1) is 0 Å². The lowest BCUT2D eigenvalue weighted by Gasteiger charge is -2.05. The van der Waals surface area contributed by atoms with Crippen molar-refractivity contribution in [1.82, 2.24) is 0 Å². The van der Waals surface area contributed by atoms with Crippen molar-refractivity contribution in [3.63, 3.8) is 0 Å².